The van der Waals surface area contributed by atoms with Gasteiger partial charge in [0.25, 0.3) is 0 Å². The molecule has 0 saturated heterocycles. The summed E-state index contributed by atoms with van der Waals surface area (Å²) in [5, 5.41) is 11.1. The van der Waals surface area contributed by atoms with E-state index in [9.17, 15) is 5.11 Å². The van der Waals surface area contributed by atoms with E-state index in [1.165, 1.54) is 0 Å². The highest BCUT2D eigenvalue weighted by Crippen LogP contribution is 2.58. The second-order valence-corrected chi connectivity index (χ2v) is 11.7. The van der Waals surface area contributed by atoms with Gasteiger partial charge in [0.15, 0.2) is 0 Å². The van der Waals surface area contributed by atoms with Gasteiger partial charge in [-0.05, 0) is 73.2 Å². The van der Waals surface area contributed by atoms with E-state index >= 15 is 0 Å². The van der Waals surface area contributed by atoms with Gasteiger partial charge in [-0.1, -0.05) is 23.9 Å². The number of aryl methyl sites for hydroxylation is 2. The zero-order valence-electron chi connectivity index (χ0n) is 14.5. The first kappa shape index (κ1) is 18.8. The molecule has 3 aromatic rings. The van der Waals surface area contributed by atoms with Crippen molar-refractivity contribution in [2.24, 2.45) is 0 Å². The minimum atomic E-state index is -2.08. The molecule has 0 spiro atoms. The highest BCUT2D eigenvalue weighted by Gasteiger charge is 2.28. The molecule has 0 aliphatic carbocycles. The van der Waals surface area contributed by atoms with Crippen molar-refractivity contribution in [3.63, 3.8) is 0 Å². The van der Waals surface area contributed by atoms with Gasteiger partial charge in [-0.3, -0.25) is 15.0 Å². The van der Waals surface area contributed by atoms with Crippen LogP contribution in [-0.4, -0.2) is 32.4 Å². The summed E-state index contributed by atoms with van der Waals surface area (Å²) in [6, 6.07) is 13.4. The number of rotatable bonds is 8. The number of aliphatic hydroxyl groups is 1. The maximum Gasteiger partial charge on any atom is 0.107 e. The summed E-state index contributed by atoms with van der Waals surface area (Å²) in [6.07, 6.45) is 10.1. The van der Waals surface area contributed by atoms with Gasteiger partial charge < -0.3 is 5.11 Å². The van der Waals surface area contributed by atoms with E-state index in [0.717, 1.165) is 42.1 Å². The molecule has 0 amide bonds. The van der Waals surface area contributed by atoms with E-state index in [2.05, 4.69) is 15.0 Å². The minimum Gasteiger partial charge on any atom is -0.383 e. The van der Waals surface area contributed by atoms with Crippen LogP contribution in [0, 0.1) is 0 Å². The van der Waals surface area contributed by atoms with Gasteiger partial charge in [-0.15, -0.1) is 0 Å². The Balaban J connectivity index is 1.78. The van der Waals surface area contributed by atoms with Gasteiger partial charge in [0.2, 0.25) is 0 Å². The summed E-state index contributed by atoms with van der Waals surface area (Å²) >= 11 is 6.09. The summed E-state index contributed by atoms with van der Waals surface area (Å²) in [5.41, 5.74) is 2.88. The third kappa shape index (κ3) is 5.04. The fraction of sp³-hybridized carbons (Fsp3) is 0.250. The van der Waals surface area contributed by atoms with Crippen LogP contribution in [0.25, 0.3) is 0 Å². The molecule has 0 radical (unpaired) electrons. The van der Waals surface area contributed by atoms with Gasteiger partial charge >= 0.3 is 0 Å². The number of pyridine rings is 3. The Morgan fingerprint density at radius 1 is 0.808 bits per heavy atom. The molecule has 26 heavy (non-hydrogen) atoms. The average Bonchev–Trinajstić information content (AvgIpc) is 2.72. The predicted octanol–water partition coefficient (Wildman–Crippen LogP) is 3.83. The SMILES string of the molecule is OC(c1ccncc1)P(=S)(CCc1ccccn1)CCc1ccccn1. The lowest BCUT2D eigenvalue weighted by Gasteiger charge is -2.28. The Bertz CT molecular complexity index is 799. The lowest BCUT2D eigenvalue weighted by atomic mass is 10.3. The first-order valence-electron chi connectivity index (χ1n) is 8.63. The van der Waals surface area contributed by atoms with Crippen molar-refractivity contribution in [1.82, 2.24) is 15.0 Å². The lowest BCUT2D eigenvalue weighted by Crippen LogP contribution is -2.10. The zero-order chi connectivity index (χ0) is 18.2. The van der Waals surface area contributed by atoms with Crippen LogP contribution >= 0.6 is 6.04 Å². The minimum absolute atomic E-state index is 0.632. The van der Waals surface area contributed by atoms with Crippen molar-refractivity contribution < 1.29 is 5.11 Å². The Labute approximate surface area is 159 Å². The molecule has 0 aliphatic heterocycles. The number of nitrogens with zero attached hydrogens (tertiary/aromatic N) is 3. The average molecular weight is 383 g/mol. The molecule has 1 N–H and O–H groups in total. The van der Waals surface area contributed by atoms with Crippen molar-refractivity contribution >= 4 is 17.8 Å². The fourth-order valence-corrected chi connectivity index (χ4v) is 6.42. The Hall–Kier alpha value is -1.94. The van der Waals surface area contributed by atoms with Crippen LogP contribution in [0.15, 0.2) is 73.3 Å². The van der Waals surface area contributed by atoms with Crippen LogP contribution in [0.5, 0.6) is 0 Å². The third-order valence-electron chi connectivity index (χ3n) is 4.40. The van der Waals surface area contributed by atoms with Crippen LogP contribution in [0.2, 0.25) is 0 Å². The van der Waals surface area contributed by atoms with Crippen molar-refractivity contribution in [3.05, 3.63) is 90.3 Å². The smallest absolute Gasteiger partial charge is 0.107 e. The van der Waals surface area contributed by atoms with E-state index in [1.807, 2.05) is 48.5 Å². The van der Waals surface area contributed by atoms with Gasteiger partial charge in [0.1, 0.15) is 5.85 Å². The number of aromatic nitrogens is 3. The molecule has 3 rings (SSSR count). The number of aliphatic hydroxyl groups excluding tert-OH is 1. The third-order valence-corrected chi connectivity index (χ3v) is 9.24. The van der Waals surface area contributed by atoms with Crippen LogP contribution < -0.4 is 0 Å². The molecule has 0 fully saturated rings. The molecule has 3 aromatic heterocycles. The molecule has 0 aliphatic rings. The first-order chi connectivity index (χ1) is 12.7. The summed E-state index contributed by atoms with van der Waals surface area (Å²) in [7, 11) is 0. The highest BCUT2D eigenvalue weighted by atomic mass is 32.4. The quantitative estimate of drug-likeness (QED) is 0.599. The molecule has 1 unspecified atom stereocenters. The number of hydrogen-bond acceptors (Lipinski definition) is 5. The largest absolute Gasteiger partial charge is 0.383 e. The molecular weight excluding hydrogens is 361 g/mol. The summed E-state index contributed by atoms with van der Waals surface area (Å²) in [4.78, 5) is 12.8. The highest BCUT2D eigenvalue weighted by molar-refractivity contribution is 8.14. The van der Waals surface area contributed by atoms with Crippen LogP contribution in [0.3, 0.4) is 0 Å². The summed E-state index contributed by atoms with van der Waals surface area (Å²) < 4.78 is 0. The fourth-order valence-electron chi connectivity index (χ4n) is 2.86. The van der Waals surface area contributed by atoms with Crippen LogP contribution in [-0.2, 0) is 24.6 Å². The van der Waals surface area contributed by atoms with Crippen LogP contribution in [0.4, 0.5) is 0 Å². The molecule has 3 heterocycles. The second-order valence-electron chi connectivity index (χ2n) is 6.20. The molecular formula is C20H22N3OPS. The summed E-state index contributed by atoms with van der Waals surface area (Å²) in [6.45, 7) is 0. The zero-order valence-corrected chi connectivity index (χ0v) is 16.2. The summed E-state index contributed by atoms with van der Waals surface area (Å²) in [5.74, 6) is -0.632. The Kier molecular flexibility index (Phi) is 6.62. The standard InChI is InChI=1S/C20H22N3OPS/c24-20(17-7-13-21-14-8-17)25(26,15-9-18-5-1-3-11-22-18)16-10-19-6-2-4-12-23-19/h1-8,11-14,20,24H,9-10,15-16H2. The maximum atomic E-state index is 11.1. The van der Waals surface area contributed by atoms with E-state index in [1.54, 1.807) is 24.8 Å². The van der Waals surface area contributed by atoms with E-state index < -0.39 is 11.9 Å². The Morgan fingerprint density at radius 2 is 1.35 bits per heavy atom. The predicted molar refractivity (Wildman–Crippen MR) is 109 cm³/mol. The topological polar surface area (TPSA) is 58.9 Å². The van der Waals surface area contributed by atoms with Crippen molar-refractivity contribution in [1.29, 1.82) is 0 Å². The van der Waals surface area contributed by atoms with E-state index in [-0.39, 0.29) is 0 Å². The van der Waals surface area contributed by atoms with Gasteiger partial charge in [0, 0.05) is 36.2 Å². The monoisotopic (exact) mass is 383 g/mol. The van der Waals surface area contributed by atoms with E-state index in [0.29, 0.717) is 0 Å². The first-order valence-corrected chi connectivity index (χ1v) is 11.9. The number of hydrogen-bond donors (Lipinski definition) is 1. The molecule has 4 nitrogen and oxygen atoms in total. The molecule has 134 valence electrons. The molecule has 6 heteroatoms. The molecule has 0 saturated carbocycles. The second kappa shape index (κ2) is 9.13. The van der Waals surface area contributed by atoms with E-state index in [4.69, 9.17) is 11.8 Å². The normalized spacial score (nSPS) is 12.7. The Morgan fingerprint density at radius 3 is 1.81 bits per heavy atom. The molecule has 1 atom stereocenters. The van der Waals surface area contributed by atoms with Gasteiger partial charge in [-0.25, -0.2) is 0 Å². The van der Waals surface area contributed by atoms with Crippen molar-refractivity contribution in [2.45, 2.75) is 18.7 Å². The lowest BCUT2D eigenvalue weighted by molar-refractivity contribution is 0.262. The van der Waals surface area contributed by atoms with Crippen molar-refractivity contribution in [3.8, 4) is 0 Å². The van der Waals surface area contributed by atoms with Gasteiger partial charge in [0.05, 0.1) is 0 Å². The van der Waals surface area contributed by atoms with Crippen LogP contribution in [0.1, 0.15) is 22.8 Å². The maximum absolute atomic E-state index is 11.1. The molecule has 0 aromatic carbocycles. The van der Waals surface area contributed by atoms with Gasteiger partial charge in [-0.2, -0.15) is 0 Å². The van der Waals surface area contributed by atoms with Crippen molar-refractivity contribution in [2.75, 3.05) is 12.3 Å². The molecule has 0 bridgehead atoms.